The molecule has 2 aliphatic rings. The van der Waals surface area contributed by atoms with Gasteiger partial charge < -0.3 is 5.11 Å². The van der Waals surface area contributed by atoms with Crippen molar-refractivity contribution < 1.29 is 31.3 Å². The van der Waals surface area contributed by atoms with Crippen LogP contribution < -0.4 is 0 Å². The molecular weight excluding hydrogens is 347 g/mol. The van der Waals surface area contributed by atoms with Crippen molar-refractivity contribution in [3.63, 3.8) is 0 Å². The molecule has 0 saturated carbocycles. The fraction of sp³-hybridized carbons (Fsp3) is 0.176. The third kappa shape index (κ3) is 4.41. The molecule has 20 heavy (non-hydrogen) atoms. The molecule has 0 unspecified atom stereocenters. The van der Waals surface area contributed by atoms with Gasteiger partial charge in [-0.25, -0.2) is 0 Å². The van der Waals surface area contributed by atoms with E-state index in [-0.39, 0.29) is 38.6 Å². The first-order valence-corrected chi connectivity index (χ1v) is 6.13. The fourth-order valence-corrected chi connectivity index (χ4v) is 2.25. The van der Waals surface area contributed by atoms with Gasteiger partial charge in [0.1, 0.15) is 0 Å². The van der Waals surface area contributed by atoms with Crippen LogP contribution in [0.2, 0.25) is 0 Å². The molecule has 0 saturated heterocycles. The summed E-state index contributed by atoms with van der Waals surface area (Å²) in [6.07, 6.45) is 15.1. The normalized spacial score (nSPS) is 14.5. The molecule has 0 aliphatic heterocycles. The van der Waals surface area contributed by atoms with Crippen LogP contribution in [0.3, 0.4) is 0 Å². The summed E-state index contributed by atoms with van der Waals surface area (Å²) >= 11 is 0. The summed E-state index contributed by atoms with van der Waals surface area (Å²) in [5.41, 5.74) is 5.38. The third-order valence-electron chi connectivity index (χ3n) is 3.07. The van der Waals surface area contributed by atoms with E-state index in [0.29, 0.717) is 0 Å². The van der Waals surface area contributed by atoms with Crippen molar-refractivity contribution in [1.29, 1.82) is 0 Å². The minimum Gasteiger partial charge on any atom is -0.400 e. The summed E-state index contributed by atoms with van der Waals surface area (Å²) in [7, 11) is 1.00. The number of allylic oxidation sites excluding steroid dienone is 8. The van der Waals surface area contributed by atoms with Gasteiger partial charge in [0.25, 0.3) is 0 Å². The maximum Gasteiger partial charge on any atom is 0.0319 e. The molecule has 104 valence electrons. The van der Waals surface area contributed by atoms with Gasteiger partial charge in [-0.2, -0.15) is 0 Å². The summed E-state index contributed by atoms with van der Waals surface area (Å²) in [5, 5.41) is 7.00. The second kappa shape index (κ2) is 10.1. The maximum atomic E-state index is 7.00. The molecular formula is C17H18ClOZr-. The second-order valence-electron chi connectivity index (χ2n) is 4.11. The Hall–Kier alpha value is -0.687. The van der Waals surface area contributed by atoms with Gasteiger partial charge in [0, 0.05) is 33.3 Å². The minimum atomic E-state index is 0. The quantitative estimate of drug-likeness (QED) is 0.779. The van der Waals surface area contributed by atoms with E-state index in [2.05, 4.69) is 54.7 Å². The van der Waals surface area contributed by atoms with E-state index in [1.54, 1.807) is 0 Å². The van der Waals surface area contributed by atoms with E-state index in [1.807, 2.05) is 6.07 Å². The van der Waals surface area contributed by atoms with Gasteiger partial charge >= 0.3 is 0 Å². The number of hydrogen-bond acceptors (Lipinski definition) is 1. The van der Waals surface area contributed by atoms with Gasteiger partial charge in [-0.05, 0) is 12.8 Å². The Morgan fingerprint density at radius 2 is 1.60 bits per heavy atom. The summed E-state index contributed by atoms with van der Waals surface area (Å²) in [6.45, 7) is 0. The standard InChI is InChI=1S/C16H13.CH4O.ClH.Zr/c1-2-8-13(7-1)15-11-5-6-12-16(15)14-9-3-4-10-14;1-2;;/h1-7,9,11H,8,10H2;2H,1H3;1H;/q-1;;;. The van der Waals surface area contributed by atoms with E-state index >= 15 is 0 Å². The van der Waals surface area contributed by atoms with Gasteiger partial charge in [0.2, 0.25) is 0 Å². The summed E-state index contributed by atoms with van der Waals surface area (Å²) < 4.78 is 0. The zero-order valence-electron chi connectivity index (χ0n) is 11.5. The fourth-order valence-electron chi connectivity index (χ4n) is 2.25. The molecule has 0 amide bonds. The number of hydrogen-bond donors (Lipinski definition) is 1. The zero-order valence-corrected chi connectivity index (χ0v) is 14.7. The predicted molar refractivity (Wildman–Crippen MR) is 84.1 cm³/mol. The van der Waals surface area contributed by atoms with Crippen LogP contribution in [0, 0.1) is 6.07 Å². The van der Waals surface area contributed by atoms with Crippen molar-refractivity contribution in [2.24, 2.45) is 0 Å². The average Bonchev–Trinajstić information content (AvgIpc) is 3.14. The molecule has 2 aliphatic carbocycles. The topological polar surface area (TPSA) is 20.2 Å². The predicted octanol–water partition coefficient (Wildman–Crippen LogP) is 4.20. The number of aliphatic hydroxyl groups is 1. The van der Waals surface area contributed by atoms with E-state index < -0.39 is 0 Å². The van der Waals surface area contributed by atoms with Gasteiger partial charge in [-0.3, -0.25) is 0 Å². The molecule has 3 rings (SSSR count). The summed E-state index contributed by atoms with van der Waals surface area (Å²) in [6, 6.07) is 9.65. The molecule has 0 spiro atoms. The monoisotopic (exact) mass is 363 g/mol. The van der Waals surface area contributed by atoms with Crippen molar-refractivity contribution >= 4 is 23.6 Å². The molecule has 0 heterocycles. The first-order chi connectivity index (χ1) is 8.95. The number of benzene rings is 1. The van der Waals surface area contributed by atoms with Crippen molar-refractivity contribution in [1.82, 2.24) is 0 Å². The van der Waals surface area contributed by atoms with Gasteiger partial charge in [0.15, 0.2) is 0 Å². The SMILES string of the molecule is CO.Cl.[Zr].[c-]1cccc(C2=CC=CC2)c1C1=CC=CC1. The van der Waals surface area contributed by atoms with E-state index in [4.69, 9.17) is 5.11 Å². The van der Waals surface area contributed by atoms with Crippen molar-refractivity contribution in [2.45, 2.75) is 12.8 Å². The molecule has 1 aromatic rings. The molecule has 0 atom stereocenters. The van der Waals surface area contributed by atoms with Crippen molar-refractivity contribution in [3.05, 3.63) is 71.8 Å². The van der Waals surface area contributed by atoms with E-state index in [1.165, 1.54) is 22.3 Å². The molecule has 1 N–H and O–H groups in total. The van der Waals surface area contributed by atoms with Crippen LogP contribution in [0.5, 0.6) is 0 Å². The minimum absolute atomic E-state index is 0. The number of rotatable bonds is 2. The number of aliphatic hydroxyl groups excluding tert-OH is 1. The van der Waals surface area contributed by atoms with Crippen LogP contribution in [0.4, 0.5) is 0 Å². The Balaban J connectivity index is 0.000000866. The molecule has 3 heteroatoms. The van der Waals surface area contributed by atoms with E-state index in [9.17, 15) is 0 Å². The second-order valence-corrected chi connectivity index (χ2v) is 4.11. The Labute approximate surface area is 146 Å². The Morgan fingerprint density at radius 3 is 2.15 bits per heavy atom. The van der Waals surface area contributed by atoms with Gasteiger partial charge in [-0.15, -0.1) is 59.4 Å². The molecule has 0 radical (unpaired) electrons. The average molecular weight is 365 g/mol. The van der Waals surface area contributed by atoms with Crippen molar-refractivity contribution in [2.75, 3.05) is 7.11 Å². The van der Waals surface area contributed by atoms with Crippen LogP contribution in [-0.2, 0) is 26.2 Å². The van der Waals surface area contributed by atoms with Crippen LogP contribution in [-0.4, -0.2) is 12.2 Å². The third-order valence-corrected chi connectivity index (χ3v) is 3.07. The smallest absolute Gasteiger partial charge is 0.0319 e. The molecule has 0 bridgehead atoms. The largest absolute Gasteiger partial charge is 0.400 e. The first-order valence-electron chi connectivity index (χ1n) is 6.13. The van der Waals surface area contributed by atoms with Crippen LogP contribution >= 0.6 is 12.4 Å². The van der Waals surface area contributed by atoms with E-state index in [0.717, 1.165) is 20.0 Å². The van der Waals surface area contributed by atoms with Crippen molar-refractivity contribution in [3.8, 4) is 0 Å². The van der Waals surface area contributed by atoms with Crippen LogP contribution in [0.1, 0.15) is 24.0 Å². The maximum absolute atomic E-state index is 7.00. The van der Waals surface area contributed by atoms with Crippen LogP contribution in [0.25, 0.3) is 11.1 Å². The Kier molecular flexibility index (Phi) is 9.75. The Bertz CT molecular complexity index is 493. The first kappa shape index (κ1) is 19.3. The van der Waals surface area contributed by atoms with Crippen LogP contribution in [0.15, 0.2) is 54.7 Å². The number of halogens is 1. The molecule has 1 nitrogen and oxygen atoms in total. The van der Waals surface area contributed by atoms with Gasteiger partial charge in [0.05, 0.1) is 0 Å². The molecule has 0 aromatic heterocycles. The Morgan fingerprint density at radius 1 is 1.00 bits per heavy atom. The molecule has 1 aromatic carbocycles. The summed E-state index contributed by atoms with van der Waals surface area (Å²) in [5.74, 6) is 0. The zero-order chi connectivity index (χ0) is 12.8. The summed E-state index contributed by atoms with van der Waals surface area (Å²) in [4.78, 5) is 0. The molecule has 0 fully saturated rings. The van der Waals surface area contributed by atoms with Gasteiger partial charge in [-0.1, -0.05) is 36.0 Å².